The third-order valence-electron chi connectivity index (χ3n) is 3.64. The van der Waals surface area contributed by atoms with Crippen LogP contribution >= 0.6 is 0 Å². The number of rotatable bonds is 6. The van der Waals surface area contributed by atoms with Crippen LogP contribution in [0.25, 0.3) is 11.0 Å². The molecule has 0 aliphatic rings. The molecule has 1 N–H and O–H groups in total. The Morgan fingerprint density at radius 1 is 1.40 bits per heavy atom. The summed E-state index contributed by atoms with van der Waals surface area (Å²) < 4.78 is 10.6. The van der Waals surface area contributed by atoms with E-state index < -0.39 is 0 Å². The fraction of sp³-hybridized carbons (Fsp3) is 0.438. The minimum absolute atomic E-state index is 0.215. The largest absolute Gasteiger partial charge is 0.468 e. The molecular formula is C16H21NO3. The van der Waals surface area contributed by atoms with Gasteiger partial charge in [0.2, 0.25) is 0 Å². The second-order valence-corrected chi connectivity index (χ2v) is 5.02. The molecule has 1 aromatic heterocycles. The number of carbonyl (C=O) groups is 1. The summed E-state index contributed by atoms with van der Waals surface area (Å²) in [6.45, 7) is 4.61. The van der Waals surface area contributed by atoms with Gasteiger partial charge in [-0.05, 0) is 18.1 Å². The number of furan rings is 1. The van der Waals surface area contributed by atoms with E-state index in [-0.39, 0.29) is 17.9 Å². The van der Waals surface area contributed by atoms with Crippen molar-refractivity contribution in [1.82, 2.24) is 5.32 Å². The van der Waals surface area contributed by atoms with E-state index >= 15 is 0 Å². The number of fused-ring (bicyclic) bond motifs is 1. The van der Waals surface area contributed by atoms with E-state index in [1.165, 1.54) is 7.11 Å². The van der Waals surface area contributed by atoms with Gasteiger partial charge in [0, 0.05) is 5.39 Å². The molecule has 20 heavy (non-hydrogen) atoms. The molecule has 4 nitrogen and oxygen atoms in total. The molecule has 0 fully saturated rings. The molecule has 2 unspecified atom stereocenters. The SMILES string of the molecule is CCC(C)C(NCc1cc2ccccc2o1)C(=O)OC. The summed E-state index contributed by atoms with van der Waals surface area (Å²) >= 11 is 0. The van der Waals surface area contributed by atoms with Gasteiger partial charge in [0.15, 0.2) is 0 Å². The van der Waals surface area contributed by atoms with Crippen molar-refractivity contribution < 1.29 is 13.9 Å². The van der Waals surface area contributed by atoms with Crippen LogP contribution in [0, 0.1) is 5.92 Å². The number of nitrogens with one attached hydrogen (secondary N) is 1. The lowest BCUT2D eigenvalue weighted by Crippen LogP contribution is -2.42. The molecule has 2 aromatic rings. The minimum atomic E-state index is -0.307. The van der Waals surface area contributed by atoms with Crippen LogP contribution in [0.1, 0.15) is 26.0 Å². The van der Waals surface area contributed by atoms with Crippen LogP contribution in [0.2, 0.25) is 0 Å². The first-order valence-electron chi connectivity index (χ1n) is 6.94. The summed E-state index contributed by atoms with van der Waals surface area (Å²) in [4.78, 5) is 11.8. The molecule has 1 heterocycles. The van der Waals surface area contributed by atoms with Crippen molar-refractivity contribution in [2.24, 2.45) is 5.92 Å². The molecule has 4 heteroatoms. The van der Waals surface area contributed by atoms with Crippen molar-refractivity contribution in [2.75, 3.05) is 7.11 Å². The maximum absolute atomic E-state index is 11.8. The van der Waals surface area contributed by atoms with E-state index in [0.717, 1.165) is 23.2 Å². The molecule has 2 atom stereocenters. The van der Waals surface area contributed by atoms with Crippen LogP contribution in [0.15, 0.2) is 34.7 Å². The number of methoxy groups -OCH3 is 1. The highest BCUT2D eigenvalue weighted by Crippen LogP contribution is 2.19. The Balaban J connectivity index is 2.06. The average molecular weight is 275 g/mol. The maximum atomic E-state index is 11.8. The first kappa shape index (κ1) is 14.6. The van der Waals surface area contributed by atoms with E-state index in [1.807, 2.05) is 37.3 Å². The highest BCUT2D eigenvalue weighted by molar-refractivity contribution is 5.78. The lowest BCUT2D eigenvalue weighted by molar-refractivity contribution is -0.144. The molecule has 0 spiro atoms. The maximum Gasteiger partial charge on any atom is 0.323 e. The normalized spacial score (nSPS) is 14.2. The van der Waals surface area contributed by atoms with Gasteiger partial charge in [-0.3, -0.25) is 10.1 Å². The highest BCUT2D eigenvalue weighted by Gasteiger charge is 2.24. The van der Waals surface area contributed by atoms with Crippen molar-refractivity contribution in [3.05, 3.63) is 36.1 Å². The minimum Gasteiger partial charge on any atom is -0.468 e. The zero-order valence-electron chi connectivity index (χ0n) is 12.2. The number of benzene rings is 1. The van der Waals surface area contributed by atoms with E-state index in [4.69, 9.17) is 9.15 Å². The zero-order chi connectivity index (χ0) is 14.5. The Bertz CT molecular complexity index is 543. The lowest BCUT2D eigenvalue weighted by Gasteiger charge is -2.21. The van der Waals surface area contributed by atoms with Gasteiger partial charge in [0.1, 0.15) is 17.4 Å². The summed E-state index contributed by atoms with van der Waals surface area (Å²) in [5, 5.41) is 4.30. The van der Waals surface area contributed by atoms with Gasteiger partial charge in [0.05, 0.1) is 13.7 Å². The monoisotopic (exact) mass is 275 g/mol. The van der Waals surface area contributed by atoms with Crippen molar-refractivity contribution in [1.29, 1.82) is 0 Å². The molecule has 108 valence electrons. The fourth-order valence-corrected chi connectivity index (χ4v) is 2.21. The Kier molecular flexibility index (Phi) is 4.79. The van der Waals surface area contributed by atoms with Crippen molar-refractivity contribution in [3.8, 4) is 0 Å². The lowest BCUT2D eigenvalue weighted by atomic mass is 9.99. The Hall–Kier alpha value is -1.81. The second kappa shape index (κ2) is 6.57. The fourth-order valence-electron chi connectivity index (χ4n) is 2.21. The van der Waals surface area contributed by atoms with Gasteiger partial charge in [-0.15, -0.1) is 0 Å². The molecule has 1 aromatic carbocycles. The number of hydrogen-bond donors (Lipinski definition) is 1. The predicted octanol–water partition coefficient (Wildman–Crippen LogP) is 3.11. The van der Waals surface area contributed by atoms with Crippen LogP contribution < -0.4 is 5.32 Å². The summed E-state index contributed by atoms with van der Waals surface area (Å²) in [5.41, 5.74) is 0.863. The van der Waals surface area contributed by atoms with Crippen molar-refractivity contribution >= 4 is 16.9 Å². The van der Waals surface area contributed by atoms with Gasteiger partial charge in [-0.1, -0.05) is 38.5 Å². The number of esters is 1. The number of ether oxygens (including phenoxy) is 1. The third kappa shape index (κ3) is 3.20. The van der Waals surface area contributed by atoms with Gasteiger partial charge in [0.25, 0.3) is 0 Å². The molecule has 0 saturated carbocycles. The van der Waals surface area contributed by atoms with E-state index in [2.05, 4.69) is 12.2 Å². The third-order valence-corrected chi connectivity index (χ3v) is 3.64. The summed E-state index contributed by atoms with van der Waals surface area (Å²) in [6.07, 6.45) is 0.910. The van der Waals surface area contributed by atoms with E-state index in [9.17, 15) is 4.79 Å². The summed E-state index contributed by atoms with van der Waals surface area (Å²) in [6, 6.07) is 9.55. The first-order valence-corrected chi connectivity index (χ1v) is 6.94. The number of para-hydroxylation sites is 1. The molecule has 0 aliphatic carbocycles. The van der Waals surface area contributed by atoms with Crippen LogP contribution in [0.5, 0.6) is 0 Å². The Morgan fingerprint density at radius 3 is 2.80 bits per heavy atom. The van der Waals surface area contributed by atoms with Gasteiger partial charge < -0.3 is 9.15 Å². The summed E-state index contributed by atoms with van der Waals surface area (Å²) in [7, 11) is 1.42. The van der Waals surface area contributed by atoms with Crippen LogP contribution in [-0.2, 0) is 16.1 Å². The molecule has 0 aliphatic heterocycles. The number of hydrogen-bond acceptors (Lipinski definition) is 4. The quantitative estimate of drug-likeness (QED) is 0.823. The van der Waals surface area contributed by atoms with Crippen LogP contribution in [0.3, 0.4) is 0 Å². The second-order valence-electron chi connectivity index (χ2n) is 5.02. The Labute approximate surface area is 119 Å². The molecule has 0 bridgehead atoms. The molecule has 0 amide bonds. The first-order chi connectivity index (χ1) is 9.65. The number of carbonyl (C=O) groups excluding carboxylic acids is 1. The van der Waals surface area contributed by atoms with Gasteiger partial charge >= 0.3 is 5.97 Å². The standard InChI is InChI=1S/C16H21NO3/c1-4-11(2)15(16(18)19-3)17-10-13-9-12-7-5-6-8-14(12)20-13/h5-9,11,15,17H,4,10H2,1-3H3. The van der Waals surface area contributed by atoms with Crippen molar-refractivity contribution in [3.63, 3.8) is 0 Å². The summed E-state index contributed by atoms with van der Waals surface area (Å²) in [5.74, 6) is 0.811. The smallest absolute Gasteiger partial charge is 0.323 e. The predicted molar refractivity (Wildman–Crippen MR) is 78.3 cm³/mol. The van der Waals surface area contributed by atoms with E-state index in [1.54, 1.807) is 0 Å². The van der Waals surface area contributed by atoms with Crippen molar-refractivity contribution in [2.45, 2.75) is 32.9 Å². The molecular weight excluding hydrogens is 254 g/mol. The highest BCUT2D eigenvalue weighted by atomic mass is 16.5. The molecule has 0 radical (unpaired) electrons. The molecule has 2 rings (SSSR count). The van der Waals surface area contributed by atoms with Crippen LogP contribution in [-0.4, -0.2) is 19.1 Å². The Morgan fingerprint density at radius 2 is 2.15 bits per heavy atom. The van der Waals surface area contributed by atoms with Gasteiger partial charge in [-0.25, -0.2) is 0 Å². The van der Waals surface area contributed by atoms with E-state index in [0.29, 0.717) is 6.54 Å². The zero-order valence-corrected chi connectivity index (χ0v) is 12.2. The van der Waals surface area contributed by atoms with Crippen LogP contribution in [0.4, 0.5) is 0 Å². The molecule has 0 saturated heterocycles. The average Bonchev–Trinajstić information content (AvgIpc) is 2.89. The topological polar surface area (TPSA) is 51.5 Å². The van der Waals surface area contributed by atoms with Gasteiger partial charge in [-0.2, -0.15) is 0 Å².